The molecule has 108 valence electrons. The Labute approximate surface area is 113 Å². The summed E-state index contributed by atoms with van der Waals surface area (Å²) >= 11 is 0. The van der Waals surface area contributed by atoms with E-state index in [4.69, 9.17) is 10.3 Å². The highest BCUT2D eigenvalue weighted by molar-refractivity contribution is 5.53. The topological polar surface area (TPSA) is 68.2 Å². The Balaban J connectivity index is 2.29. The predicted octanol–water partition coefficient (Wildman–Crippen LogP) is 1.72. The van der Waals surface area contributed by atoms with Crippen LogP contribution in [0.4, 0.5) is 13.2 Å². The highest BCUT2D eigenvalue weighted by atomic mass is 19.2. The Hall–Kier alpha value is -1.93. The van der Waals surface area contributed by atoms with Gasteiger partial charge in [-0.2, -0.15) is 4.98 Å². The van der Waals surface area contributed by atoms with Crippen molar-refractivity contribution in [2.45, 2.75) is 6.04 Å². The summed E-state index contributed by atoms with van der Waals surface area (Å²) in [4.78, 5) is 5.79. The third-order valence-electron chi connectivity index (χ3n) is 2.57. The molecule has 0 aliphatic carbocycles. The molecule has 5 nitrogen and oxygen atoms in total. The van der Waals surface area contributed by atoms with E-state index >= 15 is 0 Å². The molecular weight excluding hydrogens is 273 g/mol. The molecule has 1 unspecified atom stereocenters. The number of hydrogen-bond acceptors (Lipinski definition) is 5. The van der Waals surface area contributed by atoms with Crippen molar-refractivity contribution in [2.24, 2.45) is 5.73 Å². The van der Waals surface area contributed by atoms with Crippen molar-refractivity contribution in [2.75, 3.05) is 20.6 Å². The van der Waals surface area contributed by atoms with Gasteiger partial charge in [-0.3, -0.25) is 0 Å². The molecule has 1 heterocycles. The summed E-state index contributed by atoms with van der Waals surface area (Å²) in [5.74, 6) is -4.10. The van der Waals surface area contributed by atoms with Crippen LogP contribution in [-0.2, 0) is 0 Å². The summed E-state index contributed by atoms with van der Waals surface area (Å²) in [5.41, 5.74) is 5.79. The van der Waals surface area contributed by atoms with E-state index < -0.39 is 23.5 Å². The van der Waals surface area contributed by atoms with Gasteiger partial charge in [-0.25, -0.2) is 13.2 Å². The zero-order chi connectivity index (χ0) is 14.9. The van der Waals surface area contributed by atoms with E-state index in [0.717, 1.165) is 12.1 Å². The van der Waals surface area contributed by atoms with Crippen molar-refractivity contribution < 1.29 is 17.7 Å². The summed E-state index contributed by atoms with van der Waals surface area (Å²) < 4.78 is 44.0. The molecule has 20 heavy (non-hydrogen) atoms. The van der Waals surface area contributed by atoms with Gasteiger partial charge in [-0.1, -0.05) is 5.16 Å². The Morgan fingerprint density at radius 3 is 2.40 bits per heavy atom. The van der Waals surface area contributed by atoms with Crippen molar-refractivity contribution >= 4 is 0 Å². The van der Waals surface area contributed by atoms with Crippen LogP contribution in [0.1, 0.15) is 11.9 Å². The molecule has 0 saturated heterocycles. The lowest BCUT2D eigenvalue weighted by Gasteiger charge is -2.12. The van der Waals surface area contributed by atoms with Crippen LogP contribution in [0, 0.1) is 17.5 Å². The van der Waals surface area contributed by atoms with Crippen LogP contribution in [0.15, 0.2) is 16.7 Å². The minimum Gasteiger partial charge on any atom is -0.334 e. The fraction of sp³-hybridized carbons (Fsp3) is 0.333. The van der Waals surface area contributed by atoms with Crippen LogP contribution >= 0.6 is 0 Å². The first kappa shape index (κ1) is 14.5. The summed E-state index contributed by atoms with van der Waals surface area (Å²) in [5, 5.41) is 3.65. The lowest BCUT2D eigenvalue weighted by atomic mass is 10.2. The van der Waals surface area contributed by atoms with Gasteiger partial charge in [0, 0.05) is 12.1 Å². The normalized spacial score (nSPS) is 12.9. The van der Waals surface area contributed by atoms with Gasteiger partial charge in [0.15, 0.2) is 23.3 Å². The fourth-order valence-electron chi connectivity index (χ4n) is 1.66. The highest BCUT2D eigenvalue weighted by Crippen LogP contribution is 2.23. The molecule has 2 rings (SSSR count). The van der Waals surface area contributed by atoms with Crippen molar-refractivity contribution in [1.29, 1.82) is 0 Å². The Kier molecular flexibility index (Phi) is 4.05. The minimum atomic E-state index is -1.54. The minimum absolute atomic E-state index is 0.0443. The van der Waals surface area contributed by atoms with Gasteiger partial charge in [-0.15, -0.1) is 0 Å². The average molecular weight is 286 g/mol. The maximum Gasteiger partial charge on any atom is 0.258 e. The smallest absolute Gasteiger partial charge is 0.258 e. The molecule has 1 aromatic carbocycles. The fourth-order valence-corrected chi connectivity index (χ4v) is 1.66. The van der Waals surface area contributed by atoms with Gasteiger partial charge in [0.2, 0.25) is 0 Å². The van der Waals surface area contributed by atoms with Crippen LogP contribution in [0.25, 0.3) is 11.5 Å². The number of hydrogen-bond donors (Lipinski definition) is 1. The molecule has 2 N–H and O–H groups in total. The number of nitrogens with two attached hydrogens (primary N) is 1. The molecule has 0 fully saturated rings. The van der Waals surface area contributed by atoms with E-state index in [9.17, 15) is 13.2 Å². The van der Waals surface area contributed by atoms with E-state index in [1.54, 1.807) is 0 Å². The quantitative estimate of drug-likeness (QED) is 0.867. The Bertz CT molecular complexity index is 591. The number of aromatic nitrogens is 2. The molecule has 0 radical (unpaired) electrons. The van der Waals surface area contributed by atoms with Crippen molar-refractivity contribution in [1.82, 2.24) is 15.0 Å². The van der Waals surface area contributed by atoms with Gasteiger partial charge >= 0.3 is 0 Å². The van der Waals surface area contributed by atoms with Crippen LogP contribution in [-0.4, -0.2) is 35.7 Å². The van der Waals surface area contributed by atoms with Crippen molar-refractivity contribution in [3.8, 4) is 11.5 Å². The number of nitrogens with zero attached hydrogens (tertiary/aromatic N) is 3. The highest BCUT2D eigenvalue weighted by Gasteiger charge is 2.18. The molecule has 0 aliphatic heterocycles. The summed E-state index contributed by atoms with van der Waals surface area (Å²) in [6.07, 6.45) is 0. The van der Waals surface area contributed by atoms with E-state index in [2.05, 4.69) is 10.1 Å². The molecular formula is C12H13F3N4O. The Morgan fingerprint density at radius 2 is 1.85 bits per heavy atom. The molecule has 0 bridgehead atoms. The third-order valence-corrected chi connectivity index (χ3v) is 2.57. The zero-order valence-corrected chi connectivity index (χ0v) is 10.9. The first-order valence-electron chi connectivity index (χ1n) is 5.77. The van der Waals surface area contributed by atoms with Gasteiger partial charge in [-0.05, 0) is 26.2 Å². The van der Waals surface area contributed by atoms with Crippen LogP contribution < -0.4 is 5.73 Å². The van der Waals surface area contributed by atoms with Crippen LogP contribution in [0.2, 0.25) is 0 Å². The first-order valence-corrected chi connectivity index (χ1v) is 5.77. The molecule has 8 heteroatoms. The summed E-state index contributed by atoms with van der Waals surface area (Å²) in [6, 6.07) is 1.07. The van der Waals surface area contributed by atoms with Gasteiger partial charge in [0.05, 0.1) is 6.04 Å². The molecule has 0 aliphatic rings. The lowest BCUT2D eigenvalue weighted by Crippen LogP contribution is -2.26. The second-order valence-corrected chi connectivity index (χ2v) is 4.58. The standard InChI is InChI=1S/C12H13F3N4O/c1-19(2)5-9(16)11-17-12(20-18-11)6-3-7(13)10(15)8(14)4-6/h3-4,9H,5,16H2,1-2H3. The average Bonchev–Trinajstić information content (AvgIpc) is 2.84. The van der Waals surface area contributed by atoms with Gasteiger partial charge in [0.1, 0.15) is 0 Å². The molecule has 0 amide bonds. The summed E-state index contributed by atoms with van der Waals surface area (Å²) in [7, 11) is 3.65. The lowest BCUT2D eigenvalue weighted by molar-refractivity contribution is 0.357. The molecule has 0 spiro atoms. The predicted molar refractivity (Wildman–Crippen MR) is 65.1 cm³/mol. The van der Waals surface area contributed by atoms with Gasteiger partial charge < -0.3 is 15.2 Å². The second kappa shape index (κ2) is 5.59. The molecule has 1 atom stereocenters. The Morgan fingerprint density at radius 1 is 1.25 bits per heavy atom. The van der Waals surface area contributed by atoms with Crippen LogP contribution in [0.3, 0.4) is 0 Å². The maximum atomic E-state index is 13.1. The summed E-state index contributed by atoms with van der Waals surface area (Å²) in [6.45, 7) is 0.477. The van der Waals surface area contributed by atoms with Crippen LogP contribution in [0.5, 0.6) is 0 Å². The van der Waals surface area contributed by atoms with Gasteiger partial charge in [0.25, 0.3) is 5.89 Å². The molecule has 0 saturated carbocycles. The third kappa shape index (κ3) is 2.97. The largest absolute Gasteiger partial charge is 0.334 e. The van der Waals surface area contributed by atoms with E-state index in [0.29, 0.717) is 6.54 Å². The zero-order valence-electron chi connectivity index (χ0n) is 10.9. The monoisotopic (exact) mass is 286 g/mol. The molecule has 2 aromatic rings. The number of rotatable bonds is 4. The first-order chi connectivity index (χ1) is 9.38. The van der Waals surface area contributed by atoms with Crippen molar-refractivity contribution in [3.63, 3.8) is 0 Å². The maximum absolute atomic E-state index is 13.1. The van der Waals surface area contributed by atoms with E-state index in [-0.39, 0.29) is 17.3 Å². The SMILES string of the molecule is CN(C)CC(N)c1noc(-c2cc(F)c(F)c(F)c2)n1. The second-order valence-electron chi connectivity index (χ2n) is 4.58. The van der Waals surface area contributed by atoms with Crippen molar-refractivity contribution in [3.05, 3.63) is 35.4 Å². The van der Waals surface area contributed by atoms with E-state index in [1.807, 2.05) is 19.0 Å². The number of halogens is 3. The molecule has 1 aromatic heterocycles. The number of likely N-dealkylation sites (N-methyl/N-ethyl adjacent to an activating group) is 1. The number of benzene rings is 1. The van der Waals surface area contributed by atoms with E-state index in [1.165, 1.54) is 0 Å².